The number of ether oxygens (including phenoxy) is 2. The monoisotopic (exact) mass is 257 g/mol. The molecule has 0 spiro atoms. The highest BCUT2D eigenvalue weighted by molar-refractivity contribution is 5.79. The molecule has 2 atom stereocenters. The van der Waals surface area contributed by atoms with Crippen molar-refractivity contribution in [3.05, 3.63) is 0 Å². The molecule has 104 valence electrons. The maximum atomic E-state index is 11.5. The minimum absolute atomic E-state index is 0.0733. The zero-order valence-corrected chi connectivity index (χ0v) is 11.0. The Morgan fingerprint density at radius 2 is 2.17 bits per heavy atom. The standard InChI is InChI=1S/C13H23NO4/c1-17-7-2-8-18-11-5-6-13(9-11,12(15)16)14-10-3-4-10/h10-11,14H,2-9H2,1H3,(H,15,16). The summed E-state index contributed by atoms with van der Waals surface area (Å²) in [5.74, 6) is -0.725. The molecule has 2 aliphatic rings. The highest BCUT2D eigenvalue weighted by Crippen LogP contribution is 2.35. The molecule has 2 saturated carbocycles. The fourth-order valence-electron chi connectivity index (χ4n) is 2.60. The van der Waals surface area contributed by atoms with Crippen molar-refractivity contribution in [2.75, 3.05) is 20.3 Å². The van der Waals surface area contributed by atoms with E-state index in [1.54, 1.807) is 7.11 Å². The molecule has 5 heteroatoms. The number of aliphatic carboxylic acids is 1. The lowest BCUT2D eigenvalue weighted by molar-refractivity contribution is -0.145. The van der Waals surface area contributed by atoms with E-state index in [4.69, 9.17) is 9.47 Å². The summed E-state index contributed by atoms with van der Waals surface area (Å²) in [7, 11) is 1.67. The Morgan fingerprint density at radius 1 is 1.39 bits per heavy atom. The van der Waals surface area contributed by atoms with E-state index in [2.05, 4.69) is 5.32 Å². The maximum absolute atomic E-state index is 11.5. The van der Waals surface area contributed by atoms with E-state index >= 15 is 0 Å². The summed E-state index contributed by atoms with van der Waals surface area (Å²) in [6.45, 7) is 1.34. The van der Waals surface area contributed by atoms with Gasteiger partial charge < -0.3 is 14.6 Å². The van der Waals surface area contributed by atoms with Gasteiger partial charge in [-0.05, 0) is 32.1 Å². The Balaban J connectivity index is 1.78. The van der Waals surface area contributed by atoms with Crippen molar-refractivity contribution in [2.45, 2.75) is 56.2 Å². The molecular weight excluding hydrogens is 234 g/mol. The SMILES string of the molecule is COCCCOC1CCC(NC2CC2)(C(=O)O)C1. The largest absolute Gasteiger partial charge is 0.480 e. The van der Waals surface area contributed by atoms with E-state index in [0.717, 1.165) is 25.7 Å². The summed E-state index contributed by atoms with van der Waals surface area (Å²) >= 11 is 0. The molecule has 0 aliphatic heterocycles. The molecule has 0 heterocycles. The second-order valence-corrected chi connectivity index (χ2v) is 5.39. The Bertz CT molecular complexity index is 293. The van der Waals surface area contributed by atoms with Crippen LogP contribution in [0.3, 0.4) is 0 Å². The molecular formula is C13H23NO4. The molecule has 0 bridgehead atoms. The quantitative estimate of drug-likeness (QED) is 0.639. The van der Waals surface area contributed by atoms with Crippen LogP contribution < -0.4 is 5.32 Å². The summed E-state index contributed by atoms with van der Waals surface area (Å²) in [5, 5.41) is 12.7. The molecule has 0 radical (unpaired) electrons. The van der Waals surface area contributed by atoms with Crippen molar-refractivity contribution in [3.8, 4) is 0 Å². The highest BCUT2D eigenvalue weighted by atomic mass is 16.5. The normalized spacial score (nSPS) is 31.7. The van der Waals surface area contributed by atoms with Crippen molar-refractivity contribution in [1.82, 2.24) is 5.32 Å². The molecule has 2 rings (SSSR count). The van der Waals surface area contributed by atoms with E-state index in [1.807, 2.05) is 0 Å². The van der Waals surface area contributed by atoms with Crippen LogP contribution in [0.25, 0.3) is 0 Å². The van der Waals surface area contributed by atoms with E-state index < -0.39 is 11.5 Å². The fourth-order valence-corrected chi connectivity index (χ4v) is 2.60. The molecule has 0 amide bonds. The zero-order chi connectivity index (χ0) is 13.0. The Labute approximate surface area is 108 Å². The second-order valence-electron chi connectivity index (χ2n) is 5.39. The van der Waals surface area contributed by atoms with Gasteiger partial charge in [0.2, 0.25) is 0 Å². The summed E-state index contributed by atoms with van der Waals surface area (Å²) < 4.78 is 10.7. The first kappa shape index (κ1) is 13.8. The van der Waals surface area contributed by atoms with Crippen LogP contribution in [0.2, 0.25) is 0 Å². The first-order valence-electron chi connectivity index (χ1n) is 6.78. The predicted molar refractivity (Wildman–Crippen MR) is 66.6 cm³/mol. The summed E-state index contributed by atoms with van der Waals surface area (Å²) in [5.41, 5.74) is -0.743. The van der Waals surface area contributed by atoms with E-state index in [9.17, 15) is 9.90 Å². The molecule has 0 saturated heterocycles. The van der Waals surface area contributed by atoms with Crippen LogP contribution in [0.5, 0.6) is 0 Å². The number of carboxylic acids is 1. The highest BCUT2D eigenvalue weighted by Gasteiger charge is 2.48. The zero-order valence-electron chi connectivity index (χ0n) is 11.0. The Morgan fingerprint density at radius 3 is 2.78 bits per heavy atom. The molecule has 2 aliphatic carbocycles. The minimum atomic E-state index is -0.743. The first-order valence-corrected chi connectivity index (χ1v) is 6.78. The molecule has 5 nitrogen and oxygen atoms in total. The second kappa shape index (κ2) is 5.99. The minimum Gasteiger partial charge on any atom is -0.480 e. The first-order chi connectivity index (χ1) is 8.66. The molecule has 0 aromatic carbocycles. The van der Waals surface area contributed by atoms with Gasteiger partial charge in [0.05, 0.1) is 6.10 Å². The number of carbonyl (C=O) groups is 1. The Hall–Kier alpha value is -0.650. The van der Waals surface area contributed by atoms with Crippen LogP contribution in [0.1, 0.15) is 38.5 Å². The number of methoxy groups -OCH3 is 1. The average Bonchev–Trinajstić information content (AvgIpc) is 3.04. The lowest BCUT2D eigenvalue weighted by Gasteiger charge is -2.26. The molecule has 2 fully saturated rings. The van der Waals surface area contributed by atoms with Crippen molar-refractivity contribution in [3.63, 3.8) is 0 Å². The third kappa shape index (κ3) is 3.43. The lowest BCUT2D eigenvalue weighted by Crippen LogP contribution is -2.51. The van der Waals surface area contributed by atoms with Gasteiger partial charge in [-0.3, -0.25) is 10.1 Å². The van der Waals surface area contributed by atoms with Crippen LogP contribution in [-0.2, 0) is 14.3 Å². The van der Waals surface area contributed by atoms with Gasteiger partial charge in [0.25, 0.3) is 0 Å². The molecule has 18 heavy (non-hydrogen) atoms. The summed E-state index contributed by atoms with van der Waals surface area (Å²) in [6, 6.07) is 0.411. The van der Waals surface area contributed by atoms with Gasteiger partial charge in [-0.25, -0.2) is 0 Å². The number of hydrogen-bond donors (Lipinski definition) is 2. The van der Waals surface area contributed by atoms with Crippen molar-refractivity contribution in [1.29, 1.82) is 0 Å². The van der Waals surface area contributed by atoms with Gasteiger partial charge in [0.15, 0.2) is 0 Å². The van der Waals surface area contributed by atoms with Crippen LogP contribution in [0, 0.1) is 0 Å². The van der Waals surface area contributed by atoms with Crippen LogP contribution in [0.15, 0.2) is 0 Å². The number of hydrogen-bond acceptors (Lipinski definition) is 4. The van der Waals surface area contributed by atoms with E-state index in [-0.39, 0.29) is 6.10 Å². The Kier molecular flexibility index (Phi) is 4.59. The van der Waals surface area contributed by atoms with Gasteiger partial charge in [0.1, 0.15) is 5.54 Å². The predicted octanol–water partition coefficient (Wildman–Crippen LogP) is 1.17. The van der Waals surface area contributed by atoms with Gasteiger partial charge >= 0.3 is 5.97 Å². The lowest BCUT2D eigenvalue weighted by atomic mass is 9.97. The van der Waals surface area contributed by atoms with Gasteiger partial charge in [0, 0.05) is 32.8 Å². The molecule has 2 N–H and O–H groups in total. The van der Waals surface area contributed by atoms with Gasteiger partial charge in [-0.2, -0.15) is 0 Å². The number of nitrogens with one attached hydrogen (secondary N) is 1. The third-order valence-electron chi connectivity index (χ3n) is 3.78. The summed E-state index contributed by atoms with van der Waals surface area (Å²) in [4.78, 5) is 11.5. The van der Waals surface area contributed by atoms with Gasteiger partial charge in [-0.1, -0.05) is 0 Å². The van der Waals surface area contributed by atoms with Crippen molar-refractivity contribution >= 4 is 5.97 Å². The smallest absolute Gasteiger partial charge is 0.324 e. The van der Waals surface area contributed by atoms with E-state index in [0.29, 0.717) is 32.1 Å². The van der Waals surface area contributed by atoms with Crippen LogP contribution in [0.4, 0.5) is 0 Å². The van der Waals surface area contributed by atoms with Crippen molar-refractivity contribution in [2.24, 2.45) is 0 Å². The van der Waals surface area contributed by atoms with Gasteiger partial charge in [-0.15, -0.1) is 0 Å². The fraction of sp³-hybridized carbons (Fsp3) is 0.923. The van der Waals surface area contributed by atoms with Crippen LogP contribution >= 0.6 is 0 Å². The number of rotatable bonds is 8. The molecule has 0 aromatic rings. The molecule has 2 unspecified atom stereocenters. The summed E-state index contributed by atoms with van der Waals surface area (Å²) in [6.07, 6.45) is 5.24. The third-order valence-corrected chi connectivity index (χ3v) is 3.78. The number of carboxylic acid groups (broad SMARTS) is 1. The average molecular weight is 257 g/mol. The molecule has 0 aromatic heterocycles. The van der Waals surface area contributed by atoms with E-state index in [1.165, 1.54) is 0 Å². The van der Waals surface area contributed by atoms with Crippen LogP contribution in [-0.4, -0.2) is 49.1 Å². The van der Waals surface area contributed by atoms with Crippen molar-refractivity contribution < 1.29 is 19.4 Å². The topological polar surface area (TPSA) is 67.8 Å². The maximum Gasteiger partial charge on any atom is 0.324 e.